The average Bonchev–Trinajstić information content (AvgIpc) is 3.03. The number of hydrogen-bond acceptors (Lipinski definition) is 6. The Labute approximate surface area is 136 Å². The fraction of sp³-hybridized carbons (Fsp3) is 0.286. The molecule has 116 valence electrons. The van der Waals surface area contributed by atoms with E-state index in [0.29, 0.717) is 13.1 Å². The van der Waals surface area contributed by atoms with E-state index in [1.165, 1.54) is 23.1 Å². The van der Waals surface area contributed by atoms with Crippen LogP contribution in [0.3, 0.4) is 0 Å². The first kappa shape index (κ1) is 16.4. The Kier molecular flexibility index (Phi) is 6.35. The van der Waals surface area contributed by atoms with Crippen LogP contribution in [0.15, 0.2) is 40.2 Å². The Morgan fingerprint density at radius 2 is 2.05 bits per heavy atom. The van der Waals surface area contributed by atoms with Crippen molar-refractivity contribution < 1.29 is 9.59 Å². The zero-order valence-corrected chi connectivity index (χ0v) is 13.5. The number of benzene rings is 1. The van der Waals surface area contributed by atoms with E-state index in [9.17, 15) is 9.59 Å². The van der Waals surface area contributed by atoms with Crippen LogP contribution >= 0.6 is 23.1 Å². The van der Waals surface area contributed by atoms with Crippen LogP contribution in [0.4, 0.5) is 0 Å². The highest BCUT2D eigenvalue weighted by molar-refractivity contribution is 8.01. The van der Waals surface area contributed by atoms with Gasteiger partial charge in [0, 0.05) is 19.5 Å². The van der Waals surface area contributed by atoms with Gasteiger partial charge in [-0.1, -0.05) is 53.4 Å². The molecule has 2 amide bonds. The molecule has 2 aromatic rings. The van der Waals surface area contributed by atoms with Crippen molar-refractivity contribution in [3.63, 3.8) is 0 Å². The zero-order valence-electron chi connectivity index (χ0n) is 11.8. The minimum absolute atomic E-state index is 0.0506. The molecule has 2 rings (SSSR count). The predicted octanol–water partition coefficient (Wildman–Crippen LogP) is 1.53. The van der Waals surface area contributed by atoms with E-state index in [-0.39, 0.29) is 18.1 Å². The zero-order chi connectivity index (χ0) is 15.8. The number of hydrogen-bond donors (Lipinski definition) is 1. The minimum atomic E-state index is -0.414. The standard InChI is InChI=1S/C14H16N4O2S2/c15-12(19)6-7-18(8-11-4-2-1-3-5-11)13(20)9-21-14-17-16-10-22-14/h1-5,10H,6-9H2,(H2,15,19). The molecule has 0 aliphatic carbocycles. The fourth-order valence-corrected chi connectivity index (χ4v) is 3.17. The Morgan fingerprint density at radius 3 is 2.68 bits per heavy atom. The van der Waals surface area contributed by atoms with Crippen LogP contribution in [0.25, 0.3) is 0 Å². The molecular formula is C14H16N4O2S2. The van der Waals surface area contributed by atoms with Gasteiger partial charge < -0.3 is 10.6 Å². The van der Waals surface area contributed by atoms with Crippen LogP contribution in [0.1, 0.15) is 12.0 Å². The fourth-order valence-electron chi connectivity index (χ4n) is 1.78. The van der Waals surface area contributed by atoms with E-state index in [1.807, 2.05) is 30.3 Å². The average molecular weight is 336 g/mol. The molecule has 0 spiro atoms. The van der Waals surface area contributed by atoms with Crippen molar-refractivity contribution in [2.24, 2.45) is 5.73 Å². The Bertz CT molecular complexity index is 605. The van der Waals surface area contributed by atoms with Crippen LogP contribution in [0.2, 0.25) is 0 Å². The van der Waals surface area contributed by atoms with Gasteiger partial charge in [-0.15, -0.1) is 10.2 Å². The molecule has 8 heteroatoms. The van der Waals surface area contributed by atoms with Gasteiger partial charge in [-0.3, -0.25) is 9.59 Å². The first-order valence-corrected chi connectivity index (χ1v) is 8.50. The summed E-state index contributed by atoms with van der Waals surface area (Å²) in [6.07, 6.45) is 0.155. The Balaban J connectivity index is 1.95. The van der Waals surface area contributed by atoms with Gasteiger partial charge in [0.15, 0.2) is 4.34 Å². The summed E-state index contributed by atoms with van der Waals surface area (Å²) in [6, 6.07) is 9.65. The van der Waals surface area contributed by atoms with Gasteiger partial charge in [0.1, 0.15) is 5.51 Å². The maximum Gasteiger partial charge on any atom is 0.233 e. The first-order chi connectivity index (χ1) is 10.6. The van der Waals surface area contributed by atoms with Crippen LogP contribution in [-0.4, -0.2) is 39.2 Å². The summed E-state index contributed by atoms with van der Waals surface area (Å²) in [5.41, 5.74) is 7.83. The third-order valence-electron chi connectivity index (χ3n) is 2.86. The minimum Gasteiger partial charge on any atom is -0.370 e. The SMILES string of the molecule is NC(=O)CCN(Cc1ccccc1)C(=O)CSc1nncs1. The van der Waals surface area contributed by atoms with Crippen molar-refractivity contribution in [2.45, 2.75) is 17.3 Å². The second-order valence-corrected chi connectivity index (χ2v) is 6.57. The number of thioether (sulfide) groups is 1. The second-order valence-electron chi connectivity index (χ2n) is 4.51. The van der Waals surface area contributed by atoms with E-state index in [4.69, 9.17) is 5.73 Å². The summed E-state index contributed by atoms with van der Waals surface area (Å²) in [5, 5.41) is 7.63. The lowest BCUT2D eigenvalue weighted by atomic mass is 10.2. The topological polar surface area (TPSA) is 89.2 Å². The molecule has 0 saturated carbocycles. The number of primary amides is 1. The largest absolute Gasteiger partial charge is 0.370 e. The van der Waals surface area contributed by atoms with Gasteiger partial charge in [0.2, 0.25) is 11.8 Å². The van der Waals surface area contributed by atoms with Crippen molar-refractivity contribution in [2.75, 3.05) is 12.3 Å². The Hall–Kier alpha value is -1.93. The lowest BCUT2D eigenvalue weighted by Crippen LogP contribution is -2.34. The molecule has 0 saturated heterocycles. The van der Waals surface area contributed by atoms with Gasteiger partial charge in [-0.05, 0) is 5.56 Å². The molecule has 1 aromatic heterocycles. The van der Waals surface area contributed by atoms with E-state index < -0.39 is 5.91 Å². The summed E-state index contributed by atoms with van der Waals surface area (Å²) >= 11 is 2.74. The van der Waals surface area contributed by atoms with Crippen molar-refractivity contribution in [1.29, 1.82) is 0 Å². The molecular weight excluding hydrogens is 320 g/mol. The second kappa shape index (κ2) is 8.50. The van der Waals surface area contributed by atoms with Crippen LogP contribution < -0.4 is 5.73 Å². The normalized spacial score (nSPS) is 10.4. The highest BCUT2D eigenvalue weighted by Gasteiger charge is 2.16. The molecule has 0 unspecified atom stereocenters. The summed E-state index contributed by atoms with van der Waals surface area (Å²) < 4.78 is 0.753. The van der Waals surface area contributed by atoms with Gasteiger partial charge >= 0.3 is 0 Å². The van der Waals surface area contributed by atoms with E-state index >= 15 is 0 Å². The summed E-state index contributed by atoms with van der Waals surface area (Å²) in [5.74, 6) is -0.200. The van der Waals surface area contributed by atoms with Gasteiger partial charge in [-0.25, -0.2) is 0 Å². The first-order valence-electron chi connectivity index (χ1n) is 6.64. The van der Waals surface area contributed by atoms with Crippen LogP contribution in [0, 0.1) is 0 Å². The molecule has 0 radical (unpaired) electrons. The number of aromatic nitrogens is 2. The van der Waals surface area contributed by atoms with Crippen LogP contribution in [-0.2, 0) is 16.1 Å². The smallest absolute Gasteiger partial charge is 0.233 e. The van der Waals surface area contributed by atoms with Gasteiger partial charge in [-0.2, -0.15) is 0 Å². The van der Waals surface area contributed by atoms with Crippen molar-refractivity contribution >= 4 is 34.9 Å². The maximum atomic E-state index is 12.4. The number of rotatable bonds is 8. The van der Waals surface area contributed by atoms with Crippen LogP contribution in [0.5, 0.6) is 0 Å². The lowest BCUT2D eigenvalue weighted by Gasteiger charge is -2.22. The van der Waals surface area contributed by atoms with E-state index in [2.05, 4.69) is 10.2 Å². The number of nitrogens with two attached hydrogens (primary N) is 1. The molecule has 22 heavy (non-hydrogen) atoms. The molecule has 1 heterocycles. The third kappa shape index (κ3) is 5.45. The van der Waals surface area contributed by atoms with E-state index in [0.717, 1.165) is 9.90 Å². The molecule has 1 aromatic carbocycles. The number of nitrogens with zero attached hydrogens (tertiary/aromatic N) is 3. The molecule has 0 fully saturated rings. The molecule has 0 aliphatic rings. The number of carbonyl (C=O) groups excluding carboxylic acids is 2. The van der Waals surface area contributed by atoms with Crippen molar-refractivity contribution in [1.82, 2.24) is 15.1 Å². The van der Waals surface area contributed by atoms with E-state index in [1.54, 1.807) is 10.4 Å². The number of amides is 2. The van der Waals surface area contributed by atoms with Gasteiger partial charge in [0.05, 0.1) is 5.75 Å². The quantitative estimate of drug-likeness (QED) is 0.739. The highest BCUT2D eigenvalue weighted by atomic mass is 32.2. The molecule has 6 nitrogen and oxygen atoms in total. The maximum absolute atomic E-state index is 12.4. The molecule has 2 N–H and O–H groups in total. The molecule has 0 aliphatic heterocycles. The third-order valence-corrected chi connectivity index (χ3v) is 4.70. The van der Waals surface area contributed by atoms with Crippen molar-refractivity contribution in [3.8, 4) is 0 Å². The summed E-state index contributed by atoms with van der Waals surface area (Å²) in [7, 11) is 0. The molecule has 0 atom stereocenters. The summed E-state index contributed by atoms with van der Waals surface area (Å²) in [6.45, 7) is 0.781. The monoisotopic (exact) mass is 336 g/mol. The Morgan fingerprint density at radius 1 is 1.27 bits per heavy atom. The van der Waals surface area contributed by atoms with Gasteiger partial charge in [0.25, 0.3) is 0 Å². The summed E-state index contributed by atoms with van der Waals surface area (Å²) in [4.78, 5) is 25.0. The molecule has 0 bridgehead atoms. The number of carbonyl (C=O) groups is 2. The van der Waals surface area contributed by atoms with Crippen molar-refractivity contribution in [3.05, 3.63) is 41.4 Å². The predicted molar refractivity (Wildman–Crippen MR) is 86.3 cm³/mol. The highest BCUT2D eigenvalue weighted by Crippen LogP contribution is 2.19. The lowest BCUT2D eigenvalue weighted by molar-refractivity contribution is -0.129.